The molecule has 0 amide bonds. The Morgan fingerprint density at radius 3 is 2.33 bits per heavy atom. The first-order valence-electron chi connectivity index (χ1n) is 7.38. The van der Waals surface area contributed by atoms with Crippen LogP contribution >= 0.6 is 11.8 Å². The fourth-order valence-corrected chi connectivity index (χ4v) is 6.72. The van der Waals surface area contributed by atoms with Gasteiger partial charge in [0.1, 0.15) is 6.04 Å². The lowest BCUT2D eigenvalue weighted by atomic mass is 10.0. The normalized spacial score (nSPS) is 30.1. The van der Waals surface area contributed by atoms with Crippen molar-refractivity contribution in [2.45, 2.75) is 45.0 Å². The van der Waals surface area contributed by atoms with E-state index in [9.17, 15) is 18.3 Å². The molecule has 0 radical (unpaired) electrons. The lowest BCUT2D eigenvalue weighted by molar-refractivity contribution is -0.140. The Hall–Kier alpha value is -0.310. The summed E-state index contributed by atoms with van der Waals surface area (Å²) in [5.41, 5.74) is 0. The molecule has 0 aromatic carbocycles. The van der Waals surface area contributed by atoms with Gasteiger partial charge in [-0.1, -0.05) is 20.8 Å². The molecule has 2 saturated heterocycles. The molecule has 2 heterocycles. The molecule has 122 valence electrons. The van der Waals surface area contributed by atoms with Gasteiger partial charge in [0.15, 0.2) is 0 Å². The average Bonchev–Trinajstić information content (AvgIpc) is 2.84. The van der Waals surface area contributed by atoms with Crippen molar-refractivity contribution in [1.29, 1.82) is 0 Å². The van der Waals surface area contributed by atoms with Gasteiger partial charge in [0, 0.05) is 18.8 Å². The van der Waals surface area contributed by atoms with E-state index >= 15 is 0 Å². The largest absolute Gasteiger partial charge is 0.480 e. The molecule has 0 aliphatic carbocycles. The van der Waals surface area contributed by atoms with Gasteiger partial charge in [-0.05, 0) is 24.7 Å². The molecular weight excluding hydrogens is 312 g/mol. The number of carboxylic acid groups (broad SMARTS) is 1. The van der Waals surface area contributed by atoms with E-state index in [1.54, 1.807) is 0 Å². The van der Waals surface area contributed by atoms with E-state index < -0.39 is 22.2 Å². The minimum atomic E-state index is -3.71. The molecule has 2 fully saturated rings. The van der Waals surface area contributed by atoms with Crippen molar-refractivity contribution in [2.75, 3.05) is 18.8 Å². The van der Waals surface area contributed by atoms with Crippen molar-refractivity contribution in [2.24, 2.45) is 11.8 Å². The lowest BCUT2D eigenvalue weighted by Crippen LogP contribution is -2.54. The minimum Gasteiger partial charge on any atom is -0.480 e. The predicted molar refractivity (Wildman–Crippen MR) is 83.2 cm³/mol. The fraction of sp³-hybridized carbons (Fsp3) is 0.923. The maximum absolute atomic E-state index is 12.9. The highest BCUT2D eigenvalue weighted by Crippen LogP contribution is 2.38. The number of thioether (sulfide) groups is 1. The maximum Gasteiger partial charge on any atom is 0.322 e. The summed E-state index contributed by atoms with van der Waals surface area (Å²) in [4.78, 5) is 11.4. The smallest absolute Gasteiger partial charge is 0.322 e. The zero-order valence-electron chi connectivity index (χ0n) is 12.7. The summed E-state index contributed by atoms with van der Waals surface area (Å²) in [5.74, 6) is -0.125. The van der Waals surface area contributed by atoms with Gasteiger partial charge in [-0.15, -0.1) is 11.8 Å². The van der Waals surface area contributed by atoms with E-state index in [2.05, 4.69) is 6.92 Å². The Kier molecular flexibility index (Phi) is 5.23. The molecule has 21 heavy (non-hydrogen) atoms. The summed E-state index contributed by atoms with van der Waals surface area (Å²) >= 11 is 1.43. The standard InChI is InChI=1S/C13H24N2O4S2/c1-9(2)12-15(11(8-20-12)13(16)17)21(18,19)14-6-4-10(3)5-7-14/h9-12H,4-8H2,1-3H3,(H,16,17). The summed E-state index contributed by atoms with van der Waals surface area (Å²) in [7, 11) is -3.71. The number of nitrogens with zero attached hydrogens (tertiary/aromatic N) is 2. The monoisotopic (exact) mass is 336 g/mol. The van der Waals surface area contributed by atoms with Crippen molar-refractivity contribution < 1.29 is 18.3 Å². The molecule has 2 aliphatic rings. The summed E-state index contributed by atoms with van der Waals surface area (Å²) in [6, 6.07) is -0.952. The second kappa shape index (κ2) is 6.44. The third-order valence-corrected chi connectivity index (χ3v) is 7.96. The van der Waals surface area contributed by atoms with Crippen LogP contribution in [0.3, 0.4) is 0 Å². The van der Waals surface area contributed by atoms with Crippen molar-refractivity contribution in [3.63, 3.8) is 0 Å². The highest BCUT2D eigenvalue weighted by Gasteiger charge is 2.49. The van der Waals surface area contributed by atoms with E-state index in [4.69, 9.17) is 0 Å². The number of carboxylic acids is 1. The number of hydrogen-bond donors (Lipinski definition) is 1. The van der Waals surface area contributed by atoms with E-state index in [1.165, 1.54) is 20.4 Å². The fourth-order valence-electron chi connectivity index (χ4n) is 2.82. The lowest BCUT2D eigenvalue weighted by Gasteiger charge is -2.36. The first-order valence-corrected chi connectivity index (χ1v) is 9.82. The quantitative estimate of drug-likeness (QED) is 0.841. The molecule has 2 atom stereocenters. The van der Waals surface area contributed by atoms with Crippen LogP contribution in [0.4, 0.5) is 0 Å². The molecule has 2 rings (SSSR count). The highest BCUT2D eigenvalue weighted by molar-refractivity contribution is 8.01. The van der Waals surface area contributed by atoms with Crippen LogP contribution < -0.4 is 0 Å². The Morgan fingerprint density at radius 1 is 1.29 bits per heavy atom. The second-order valence-corrected chi connectivity index (χ2v) is 9.22. The van der Waals surface area contributed by atoms with Gasteiger partial charge in [0.25, 0.3) is 10.2 Å². The predicted octanol–water partition coefficient (Wildman–Crippen LogP) is 1.45. The summed E-state index contributed by atoms with van der Waals surface area (Å²) in [5, 5.41) is 9.05. The van der Waals surface area contributed by atoms with Gasteiger partial charge in [0.05, 0.1) is 5.37 Å². The average molecular weight is 336 g/mol. The molecule has 0 bridgehead atoms. The number of piperidine rings is 1. The summed E-state index contributed by atoms with van der Waals surface area (Å²) in [6.07, 6.45) is 1.68. The highest BCUT2D eigenvalue weighted by atomic mass is 32.2. The second-order valence-electron chi connectivity index (χ2n) is 6.24. The molecular formula is C13H24N2O4S2. The molecule has 0 aromatic rings. The third-order valence-electron chi connectivity index (χ3n) is 4.17. The zero-order chi connectivity index (χ0) is 15.8. The van der Waals surface area contributed by atoms with Gasteiger partial charge in [-0.25, -0.2) is 0 Å². The first kappa shape index (κ1) is 17.1. The number of hydrogen-bond acceptors (Lipinski definition) is 4. The van der Waals surface area contributed by atoms with Gasteiger partial charge in [0.2, 0.25) is 0 Å². The molecule has 2 unspecified atom stereocenters. The molecule has 2 aliphatic heterocycles. The van der Waals surface area contributed by atoms with Crippen molar-refractivity contribution in [1.82, 2.24) is 8.61 Å². The van der Waals surface area contributed by atoms with E-state index in [1.807, 2.05) is 13.8 Å². The van der Waals surface area contributed by atoms with Crippen molar-refractivity contribution in [3.05, 3.63) is 0 Å². The first-order chi connectivity index (χ1) is 9.75. The molecule has 8 heteroatoms. The van der Waals surface area contributed by atoms with Crippen LogP contribution in [0, 0.1) is 11.8 Å². The Balaban J connectivity index is 2.27. The topological polar surface area (TPSA) is 77.9 Å². The SMILES string of the molecule is CC1CCN(S(=O)(=O)N2C(C(=O)O)CSC2C(C)C)CC1. The van der Waals surface area contributed by atoms with Gasteiger partial charge in [-0.2, -0.15) is 17.0 Å². The van der Waals surface area contributed by atoms with E-state index in [-0.39, 0.29) is 11.3 Å². The van der Waals surface area contributed by atoms with Crippen molar-refractivity contribution in [3.8, 4) is 0 Å². The van der Waals surface area contributed by atoms with Gasteiger partial charge >= 0.3 is 5.97 Å². The Bertz CT molecular complexity index is 486. The summed E-state index contributed by atoms with van der Waals surface area (Å²) < 4.78 is 28.5. The van der Waals surface area contributed by atoms with Crippen LogP contribution in [-0.4, -0.2) is 58.4 Å². The van der Waals surface area contributed by atoms with Crippen LogP contribution in [0.15, 0.2) is 0 Å². The number of aliphatic carboxylic acids is 1. The maximum atomic E-state index is 12.9. The zero-order valence-corrected chi connectivity index (χ0v) is 14.4. The van der Waals surface area contributed by atoms with Crippen LogP contribution in [0.2, 0.25) is 0 Å². The van der Waals surface area contributed by atoms with Crippen molar-refractivity contribution >= 4 is 27.9 Å². The van der Waals surface area contributed by atoms with Crippen LogP contribution in [0.5, 0.6) is 0 Å². The number of carbonyl (C=O) groups is 1. The van der Waals surface area contributed by atoms with Crippen LogP contribution in [-0.2, 0) is 15.0 Å². The summed E-state index contributed by atoms with van der Waals surface area (Å²) in [6.45, 7) is 6.96. The molecule has 0 saturated carbocycles. The van der Waals surface area contributed by atoms with E-state index in [0.29, 0.717) is 24.8 Å². The third kappa shape index (κ3) is 3.38. The minimum absolute atomic E-state index is 0.0813. The molecule has 0 aromatic heterocycles. The Morgan fingerprint density at radius 2 is 1.86 bits per heavy atom. The molecule has 1 N–H and O–H groups in total. The van der Waals surface area contributed by atoms with E-state index in [0.717, 1.165) is 12.8 Å². The molecule has 0 spiro atoms. The van der Waals surface area contributed by atoms with Gasteiger partial charge in [-0.3, -0.25) is 4.79 Å². The van der Waals surface area contributed by atoms with Crippen LogP contribution in [0.25, 0.3) is 0 Å². The molecule has 6 nitrogen and oxygen atoms in total. The Labute approximate surface area is 131 Å². The van der Waals surface area contributed by atoms with Crippen LogP contribution in [0.1, 0.15) is 33.6 Å². The van der Waals surface area contributed by atoms with Gasteiger partial charge < -0.3 is 5.11 Å². The number of rotatable bonds is 4.